The summed E-state index contributed by atoms with van der Waals surface area (Å²) in [5, 5.41) is 1.47. The fourth-order valence-corrected chi connectivity index (χ4v) is 8.55. The third-order valence-electron chi connectivity index (χ3n) is 4.93. The highest BCUT2D eigenvalue weighted by Crippen LogP contribution is 2.64. The molecule has 0 radical (unpaired) electrons. The Balaban J connectivity index is 2.00. The molecular formula is C18H30N2O3P+. The first kappa shape index (κ1) is 18.1. The van der Waals surface area contributed by atoms with E-state index in [-0.39, 0.29) is 0 Å². The van der Waals surface area contributed by atoms with Gasteiger partial charge in [-0.2, -0.15) is 9.34 Å². The van der Waals surface area contributed by atoms with E-state index in [9.17, 15) is 0 Å². The van der Waals surface area contributed by atoms with Gasteiger partial charge in [-0.05, 0) is 30.7 Å². The minimum absolute atomic E-state index is 0.839. The molecule has 1 aromatic carbocycles. The summed E-state index contributed by atoms with van der Waals surface area (Å²) in [6, 6.07) is 8.79. The lowest BCUT2D eigenvalue weighted by Gasteiger charge is -2.45. The zero-order chi connectivity index (χ0) is 16.8. The number of benzene rings is 1. The molecular weight excluding hydrogens is 323 g/mol. The summed E-state index contributed by atoms with van der Waals surface area (Å²) >= 11 is 0. The number of rotatable bonds is 6. The molecule has 2 fully saturated rings. The van der Waals surface area contributed by atoms with E-state index in [4.69, 9.17) is 14.2 Å². The van der Waals surface area contributed by atoms with Gasteiger partial charge in [0.25, 0.3) is 0 Å². The zero-order valence-electron chi connectivity index (χ0n) is 14.9. The van der Waals surface area contributed by atoms with Gasteiger partial charge in [0, 0.05) is 0 Å². The van der Waals surface area contributed by atoms with Crippen molar-refractivity contribution in [2.75, 3.05) is 65.9 Å². The average molecular weight is 353 g/mol. The average Bonchev–Trinajstić information content (AvgIpc) is 2.68. The van der Waals surface area contributed by atoms with Crippen LogP contribution in [0.1, 0.15) is 13.3 Å². The SMILES string of the molecule is CCC[P+](c1ccc(OC)cc1)(N1CCOCC1)N1CCOCC1. The number of nitrogens with zero attached hydrogens (tertiary/aromatic N) is 2. The molecule has 0 spiro atoms. The molecule has 6 heteroatoms. The predicted molar refractivity (Wildman–Crippen MR) is 99.5 cm³/mol. The molecule has 5 nitrogen and oxygen atoms in total. The molecule has 0 aromatic heterocycles. The lowest BCUT2D eigenvalue weighted by molar-refractivity contribution is 0.0564. The first-order valence-electron chi connectivity index (χ1n) is 9.00. The summed E-state index contributed by atoms with van der Waals surface area (Å²) in [6.07, 6.45) is 2.41. The van der Waals surface area contributed by atoms with Gasteiger partial charge in [-0.1, -0.05) is 6.92 Å². The van der Waals surface area contributed by atoms with Crippen LogP contribution in [-0.2, 0) is 9.47 Å². The van der Waals surface area contributed by atoms with Crippen LogP contribution in [0.3, 0.4) is 0 Å². The van der Waals surface area contributed by atoms with Gasteiger partial charge in [-0.3, -0.25) is 0 Å². The summed E-state index contributed by atoms with van der Waals surface area (Å²) in [6.45, 7) is 9.76. The van der Waals surface area contributed by atoms with Crippen molar-refractivity contribution in [3.63, 3.8) is 0 Å². The van der Waals surface area contributed by atoms with Crippen LogP contribution in [0.2, 0.25) is 0 Å². The first-order chi connectivity index (χ1) is 11.8. The summed E-state index contributed by atoms with van der Waals surface area (Å²) < 4.78 is 22.1. The molecule has 0 unspecified atom stereocenters. The van der Waals surface area contributed by atoms with E-state index in [1.165, 1.54) is 17.9 Å². The molecule has 0 saturated carbocycles. The van der Waals surface area contributed by atoms with Crippen molar-refractivity contribution >= 4 is 12.9 Å². The Bertz CT molecular complexity index is 481. The highest BCUT2D eigenvalue weighted by molar-refractivity contribution is 7.78. The van der Waals surface area contributed by atoms with E-state index in [1.54, 1.807) is 7.11 Å². The van der Waals surface area contributed by atoms with Crippen molar-refractivity contribution in [3.8, 4) is 5.75 Å². The van der Waals surface area contributed by atoms with Gasteiger partial charge in [0.15, 0.2) is 7.56 Å². The fourth-order valence-electron chi connectivity index (χ4n) is 3.82. The second-order valence-electron chi connectivity index (χ2n) is 6.28. The van der Waals surface area contributed by atoms with Crippen LogP contribution >= 0.6 is 7.56 Å². The zero-order valence-corrected chi connectivity index (χ0v) is 15.8. The Hall–Kier alpha value is -0.710. The molecule has 0 aliphatic carbocycles. The topological polar surface area (TPSA) is 34.2 Å². The van der Waals surface area contributed by atoms with Crippen LogP contribution in [0.15, 0.2) is 24.3 Å². The smallest absolute Gasteiger partial charge is 0.186 e. The fraction of sp³-hybridized carbons (Fsp3) is 0.667. The molecule has 3 rings (SSSR count). The van der Waals surface area contributed by atoms with Crippen molar-refractivity contribution in [1.82, 2.24) is 9.34 Å². The van der Waals surface area contributed by atoms with Crippen LogP contribution in [0.25, 0.3) is 0 Å². The van der Waals surface area contributed by atoms with Crippen LogP contribution in [-0.4, -0.2) is 75.2 Å². The maximum absolute atomic E-state index is 5.65. The van der Waals surface area contributed by atoms with E-state index in [2.05, 4.69) is 40.5 Å². The number of hydrogen-bond donors (Lipinski definition) is 0. The number of methoxy groups -OCH3 is 1. The minimum Gasteiger partial charge on any atom is -0.497 e. The maximum Gasteiger partial charge on any atom is 0.186 e. The summed E-state index contributed by atoms with van der Waals surface area (Å²) in [5.41, 5.74) is 0. The quantitative estimate of drug-likeness (QED) is 0.733. The molecule has 0 atom stereocenters. The van der Waals surface area contributed by atoms with Gasteiger partial charge >= 0.3 is 0 Å². The molecule has 2 saturated heterocycles. The van der Waals surface area contributed by atoms with Crippen molar-refractivity contribution < 1.29 is 14.2 Å². The van der Waals surface area contributed by atoms with Crippen LogP contribution < -0.4 is 10.0 Å². The van der Waals surface area contributed by atoms with Gasteiger partial charge in [-0.15, -0.1) is 0 Å². The van der Waals surface area contributed by atoms with Crippen molar-refractivity contribution in [2.45, 2.75) is 13.3 Å². The largest absolute Gasteiger partial charge is 0.497 e. The molecule has 2 aliphatic heterocycles. The standard InChI is InChI=1S/C18H30N2O3P/c1-3-16-24(19-8-12-22-13-9-19,20-10-14-23-15-11-20)18-6-4-17(21-2)5-7-18/h4-7H,3,8-16H2,1-2H3/q+1. The normalized spacial score (nSPS) is 20.9. The first-order valence-corrected chi connectivity index (χ1v) is 10.9. The van der Waals surface area contributed by atoms with Gasteiger partial charge in [0.2, 0.25) is 0 Å². The summed E-state index contributed by atoms with van der Waals surface area (Å²) in [5.74, 6) is 0.928. The lowest BCUT2D eigenvalue weighted by atomic mass is 10.3. The predicted octanol–water partition coefficient (Wildman–Crippen LogP) is 2.24. The summed E-state index contributed by atoms with van der Waals surface area (Å²) in [4.78, 5) is 0. The van der Waals surface area contributed by atoms with Gasteiger partial charge in [0.05, 0.1) is 65.9 Å². The Kier molecular flexibility index (Phi) is 6.48. The lowest BCUT2D eigenvalue weighted by Crippen LogP contribution is -2.50. The monoisotopic (exact) mass is 353 g/mol. The van der Waals surface area contributed by atoms with Gasteiger partial charge in [0.1, 0.15) is 11.1 Å². The van der Waals surface area contributed by atoms with Gasteiger partial charge in [-0.25, -0.2) is 0 Å². The minimum atomic E-state index is -1.58. The Morgan fingerprint density at radius 2 is 1.42 bits per heavy atom. The third kappa shape index (κ3) is 3.61. The maximum atomic E-state index is 5.65. The van der Waals surface area contributed by atoms with Crippen molar-refractivity contribution in [1.29, 1.82) is 0 Å². The van der Waals surface area contributed by atoms with E-state index < -0.39 is 7.56 Å². The van der Waals surface area contributed by atoms with Crippen molar-refractivity contribution in [2.24, 2.45) is 0 Å². The van der Waals surface area contributed by atoms with E-state index in [0.717, 1.165) is 58.4 Å². The molecule has 1 aromatic rings. The Labute approximate surface area is 146 Å². The van der Waals surface area contributed by atoms with Gasteiger partial charge < -0.3 is 14.2 Å². The van der Waals surface area contributed by atoms with Crippen LogP contribution in [0, 0.1) is 0 Å². The molecule has 2 aliphatic rings. The number of hydrogen-bond acceptors (Lipinski definition) is 5. The van der Waals surface area contributed by atoms with E-state index >= 15 is 0 Å². The molecule has 2 heterocycles. The Morgan fingerprint density at radius 3 is 1.83 bits per heavy atom. The van der Waals surface area contributed by atoms with Crippen LogP contribution in [0.4, 0.5) is 0 Å². The molecule has 0 N–H and O–H groups in total. The van der Waals surface area contributed by atoms with Crippen LogP contribution in [0.5, 0.6) is 5.75 Å². The number of morpholine rings is 2. The summed E-state index contributed by atoms with van der Waals surface area (Å²) in [7, 11) is 0.151. The molecule has 24 heavy (non-hydrogen) atoms. The van der Waals surface area contributed by atoms with Crippen molar-refractivity contribution in [3.05, 3.63) is 24.3 Å². The second-order valence-corrected chi connectivity index (χ2v) is 9.84. The molecule has 0 amide bonds. The van der Waals surface area contributed by atoms with E-state index in [0.29, 0.717) is 0 Å². The van der Waals surface area contributed by atoms with E-state index in [1.807, 2.05) is 0 Å². The number of ether oxygens (including phenoxy) is 3. The Morgan fingerprint density at radius 1 is 0.917 bits per heavy atom. The third-order valence-corrected chi connectivity index (χ3v) is 9.80. The highest BCUT2D eigenvalue weighted by atomic mass is 31.2. The highest BCUT2D eigenvalue weighted by Gasteiger charge is 2.52. The second kappa shape index (κ2) is 8.59. The molecule has 134 valence electrons. The molecule has 0 bridgehead atoms.